The van der Waals surface area contributed by atoms with Crippen molar-refractivity contribution in [2.45, 2.75) is 45.1 Å². The minimum Gasteiger partial charge on any atom is -0.392 e. The van der Waals surface area contributed by atoms with Crippen LogP contribution in [0.1, 0.15) is 39.0 Å². The molecule has 0 aromatic rings. The van der Waals surface area contributed by atoms with Crippen LogP contribution in [0.2, 0.25) is 0 Å². The highest BCUT2D eigenvalue weighted by Crippen LogP contribution is 2.44. The van der Waals surface area contributed by atoms with Crippen LogP contribution in [0.5, 0.6) is 0 Å². The Kier molecular flexibility index (Phi) is 3.64. The van der Waals surface area contributed by atoms with E-state index >= 15 is 0 Å². The molecule has 1 saturated carbocycles. The predicted molar refractivity (Wildman–Crippen MR) is 61.5 cm³/mol. The van der Waals surface area contributed by atoms with Gasteiger partial charge in [-0.25, -0.2) is 0 Å². The summed E-state index contributed by atoms with van der Waals surface area (Å²) in [5, 5.41) is 10.1. The molecule has 2 atom stereocenters. The molecule has 1 aliphatic heterocycles. The second-order valence-electron chi connectivity index (χ2n) is 5.32. The van der Waals surface area contributed by atoms with Crippen molar-refractivity contribution in [1.82, 2.24) is 0 Å². The van der Waals surface area contributed by atoms with E-state index in [4.69, 9.17) is 4.74 Å². The monoisotopic (exact) mass is 240 g/mol. The van der Waals surface area contributed by atoms with Gasteiger partial charge in [0.2, 0.25) is 0 Å². The number of hydrogen-bond acceptors (Lipinski definition) is 4. The summed E-state index contributed by atoms with van der Waals surface area (Å²) >= 11 is 0. The number of rotatable bonds is 2. The molecule has 0 aromatic carbocycles. The summed E-state index contributed by atoms with van der Waals surface area (Å²) < 4.78 is 5.30. The van der Waals surface area contributed by atoms with Crippen LogP contribution < -0.4 is 0 Å². The lowest BCUT2D eigenvalue weighted by Crippen LogP contribution is -2.48. The normalized spacial score (nSPS) is 32.7. The average Bonchev–Trinajstić information content (AvgIpc) is 2.28. The Morgan fingerprint density at radius 1 is 1.47 bits per heavy atom. The van der Waals surface area contributed by atoms with Crippen molar-refractivity contribution in [2.75, 3.05) is 13.2 Å². The molecule has 0 amide bonds. The van der Waals surface area contributed by atoms with Crippen LogP contribution >= 0.6 is 0 Å². The van der Waals surface area contributed by atoms with Crippen LogP contribution in [0.25, 0.3) is 0 Å². The van der Waals surface area contributed by atoms with Gasteiger partial charge in [0.25, 0.3) is 0 Å². The molecule has 4 heteroatoms. The summed E-state index contributed by atoms with van der Waals surface area (Å²) in [6.45, 7) is 3.06. The summed E-state index contributed by atoms with van der Waals surface area (Å²) in [6.07, 6.45) is 2.18. The lowest BCUT2D eigenvalue weighted by atomic mass is 9.64. The Labute approximate surface area is 101 Å². The van der Waals surface area contributed by atoms with Crippen LogP contribution in [0.3, 0.4) is 0 Å². The maximum atomic E-state index is 12.1. The Morgan fingerprint density at radius 3 is 2.65 bits per heavy atom. The first kappa shape index (κ1) is 12.7. The van der Waals surface area contributed by atoms with Gasteiger partial charge in [0.05, 0.1) is 6.10 Å². The smallest absolute Gasteiger partial charge is 0.146 e. The summed E-state index contributed by atoms with van der Waals surface area (Å²) in [7, 11) is 0. The van der Waals surface area contributed by atoms with Crippen molar-refractivity contribution in [3.63, 3.8) is 0 Å². The molecule has 4 nitrogen and oxygen atoms in total. The van der Waals surface area contributed by atoms with Gasteiger partial charge in [0, 0.05) is 26.1 Å². The predicted octanol–water partition coefficient (Wildman–Crippen LogP) is 1.10. The molecule has 0 bridgehead atoms. The molecule has 17 heavy (non-hydrogen) atoms. The number of aliphatic hydroxyl groups is 1. The second-order valence-corrected chi connectivity index (χ2v) is 5.32. The number of carbonyl (C=O) groups is 2. The number of hydrogen-bond donors (Lipinski definition) is 1. The van der Waals surface area contributed by atoms with Gasteiger partial charge in [-0.05, 0) is 24.7 Å². The van der Waals surface area contributed by atoms with Crippen molar-refractivity contribution in [3.8, 4) is 0 Å². The summed E-state index contributed by atoms with van der Waals surface area (Å²) in [4.78, 5) is 23.7. The van der Waals surface area contributed by atoms with Crippen molar-refractivity contribution < 1.29 is 19.4 Å². The third-order valence-corrected chi connectivity index (χ3v) is 4.17. The molecule has 1 N–H and O–H groups in total. The standard InChI is InChI=1S/C13H20O4/c1-2-9(14)12-10(15)7-13(8-11(12)16)3-5-17-6-4-13/h10,12,15H,2-8H2,1H3. The molecular weight excluding hydrogens is 220 g/mol. The molecular formula is C13H20O4. The van der Waals surface area contributed by atoms with Gasteiger partial charge in [-0.15, -0.1) is 0 Å². The van der Waals surface area contributed by atoms with E-state index in [1.54, 1.807) is 6.92 Å². The molecule has 1 aliphatic carbocycles. The van der Waals surface area contributed by atoms with E-state index in [2.05, 4.69) is 0 Å². The third kappa shape index (κ3) is 2.43. The molecule has 0 aromatic heterocycles. The molecule has 1 heterocycles. The van der Waals surface area contributed by atoms with Crippen LogP contribution in [-0.4, -0.2) is 36.0 Å². The minimum absolute atomic E-state index is 0.0718. The number of carbonyl (C=O) groups excluding carboxylic acids is 2. The highest BCUT2D eigenvalue weighted by atomic mass is 16.5. The van der Waals surface area contributed by atoms with Crippen molar-refractivity contribution >= 4 is 11.6 Å². The lowest BCUT2D eigenvalue weighted by molar-refractivity contribution is -0.148. The number of ketones is 2. The fourth-order valence-corrected chi connectivity index (χ4v) is 3.13. The number of Topliss-reactive ketones (excluding diaryl/α,β-unsaturated/α-hetero) is 2. The molecule has 2 unspecified atom stereocenters. The van der Waals surface area contributed by atoms with Crippen molar-refractivity contribution in [3.05, 3.63) is 0 Å². The Balaban J connectivity index is 2.11. The van der Waals surface area contributed by atoms with Gasteiger partial charge in [0.15, 0.2) is 0 Å². The zero-order valence-electron chi connectivity index (χ0n) is 10.3. The lowest BCUT2D eigenvalue weighted by Gasteiger charge is -2.43. The van der Waals surface area contributed by atoms with Crippen molar-refractivity contribution in [2.24, 2.45) is 11.3 Å². The topological polar surface area (TPSA) is 63.6 Å². The van der Waals surface area contributed by atoms with Crippen LogP contribution in [-0.2, 0) is 14.3 Å². The Morgan fingerprint density at radius 2 is 2.12 bits per heavy atom. The zero-order valence-corrected chi connectivity index (χ0v) is 10.3. The van der Waals surface area contributed by atoms with E-state index in [0.29, 0.717) is 32.5 Å². The summed E-state index contributed by atoms with van der Waals surface area (Å²) in [5.41, 5.74) is -0.112. The highest BCUT2D eigenvalue weighted by Gasteiger charge is 2.47. The van der Waals surface area contributed by atoms with Gasteiger partial charge < -0.3 is 9.84 Å². The molecule has 1 spiro atoms. The quantitative estimate of drug-likeness (QED) is 0.734. The molecule has 1 saturated heterocycles. The second kappa shape index (κ2) is 4.86. The summed E-state index contributed by atoms with van der Waals surface area (Å²) in [5.74, 6) is -0.963. The molecule has 2 fully saturated rings. The first-order chi connectivity index (χ1) is 8.08. The molecule has 2 aliphatic rings. The Bertz CT molecular complexity index is 317. The zero-order chi connectivity index (χ0) is 12.5. The van der Waals surface area contributed by atoms with Gasteiger partial charge in [-0.2, -0.15) is 0 Å². The number of aliphatic hydroxyl groups excluding tert-OH is 1. The molecule has 0 radical (unpaired) electrons. The van der Waals surface area contributed by atoms with Crippen LogP contribution in [0, 0.1) is 11.3 Å². The Hall–Kier alpha value is -0.740. The van der Waals surface area contributed by atoms with Gasteiger partial charge in [0.1, 0.15) is 17.5 Å². The fourth-order valence-electron chi connectivity index (χ4n) is 3.13. The van der Waals surface area contributed by atoms with Gasteiger partial charge in [-0.1, -0.05) is 6.92 Å². The van der Waals surface area contributed by atoms with Crippen molar-refractivity contribution in [1.29, 1.82) is 0 Å². The van der Waals surface area contributed by atoms with Crippen LogP contribution in [0.15, 0.2) is 0 Å². The molecule has 2 rings (SSSR count). The number of ether oxygens (including phenoxy) is 1. The first-order valence-electron chi connectivity index (χ1n) is 6.39. The highest BCUT2D eigenvalue weighted by molar-refractivity contribution is 6.03. The van der Waals surface area contributed by atoms with Gasteiger partial charge in [-0.3, -0.25) is 9.59 Å². The van der Waals surface area contributed by atoms with E-state index in [1.165, 1.54) is 0 Å². The first-order valence-corrected chi connectivity index (χ1v) is 6.39. The van der Waals surface area contributed by atoms with E-state index in [9.17, 15) is 14.7 Å². The SMILES string of the molecule is CCC(=O)C1C(=O)CC2(CCOCC2)CC1O. The van der Waals surface area contributed by atoms with E-state index in [0.717, 1.165) is 12.8 Å². The van der Waals surface area contributed by atoms with E-state index in [-0.39, 0.29) is 17.0 Å². The minimum atomic E-state index is -0.790. The fraction of sp³-hybridized carbons (Fsp3) is 0.846. The van der Waals surface area contributed by atoms with E-state index in [1.807, 2.05) is 0 Å². The van der Waals surface area contributed by atoms with Gasteiger partial charge >= 0.3 is 0 Å². The average molecular weight is 240 g/mol. The van der Waals surface area contributed by atoms with Crippen LogP contribution in [0.4, 0.5) is 0 Å². The van der Waals surface area contributed by atoms with E-state index < -0.39 is 12.0 Å². The third-order valence-electron chi connectivity index (χ3n) is 4.17. The maximum Gasteiger partial charge on any atom is 0.146 e. The summed E-state index contributed by atoms with van der Waals surface area (Å²) in [6, 6.07) is 0. The maximum absolute atomic E-state index is 12.1. The molecule has 96 valence electrons. The largest absolute Gasteiger partial charge is 0.392 e.